The molecule has 6 fully saturated rings. The lowest BCUT2D eigenvalue weighted by molar-refractivity contribution is -0.101. The zero-order valence-corrected chi connectivity index (χ0v) is 15.9. The molecule has 0 aromatic carbocycles. The highest BCUT2D eigenvalue weighted by Crippen LogP contribution is 2.44. The average Bonchev–Trinajstić information content (AvgIpc) is 2.62. The van der Waals surface area contributed by atoms with Gasteiger partial charge in [-0.15, -0.1) is 0 Å². The Labute approximate surface area is 147 Å². The van der Waals surface area contributed by atoms with Crippen molar-refractivity contribution in [2.24, 2.45) is 23.7 Å². The van der Waals surface area contributed by atoms with Gasteiger partial charge in [0.25, 0.3) is 0 Å². The Morgan fingerprint density at radius 1 is 0.417 bits per heavy atom. The Balaban J connectivity index is 1.81. The van der Waals surface area contributed by atoms with Crippen LogP contribution in [0.2, 0.25) is 0 Å². The van der Waals surface area contributed by atoms with Gasteiger partial charge in [0.05, 0.1) is 24.4 Å². The summed E-state index contributed by atoms with van der Waals surface area (Å²) in [5, 5.41) is 0. The standard InChI is InChI=1S/C20H36O4/c1-21-17-9-14-7-8-16-12-19(23-3)15(11-20(16)24-4)6-5-13(17)10-18(14)22-2/h13-20H,5-12H2,1-4H3/t13-,14-,15-,16-,17+,18?,19+,20?/m1/s1. The minimum Gasteiger partial charge on any atom is -0.381 e. The highest BCUT2D eigenvalue weighted by Gasteiger charge is 2.42. The topological polar surface area (TPSA) is 36.9 Å². The van der Waals surface area contributed by atoms with Crippen LogP contribution in [0.3, 0.4) is 0 Å². The third-order valence-electron chi connectivity index (χ3n) is 7.27. The Morgan fingerprint density at radius 3 is 0.792 bits per heavy atom. The van der Waals surface area contributed by atoms with Gasteiger partial charge in [-0.25, -0.2) is 0 Å². The molecule has 0 spiro atoms. The maximum Gasteiger partial charge on any atom is 0.0604 e. The van der Waals surface area contributed by atoms with Crippen molar-refractivity contribution in [1.82, 2.24) is 0 Å². The first kappa shape index (κ1) is 18.6. The van der Waals surface area contributed by atoms with Gasteiger partial charge in [-0.05, 0) is 75.0 Å². The van der Waals surface area contributed by atoms with E-state index in [1.807, 2.05) is 28.4 Å². The molecule has 0 N–H and O–H groups in total. The van der Waals surface area contributed by atoms with Crippen LogP contribution in [0.5, 0.6) is 0 Å². The summed E-state index contributed by atoms with van der Waals surface area (Å²) >= 11 is 0. The molecular formula is C20H36O4. The molecule has 8 atom stereocenters. The second-order valence-corrected chi connectivity index (χ2v) is 8.23. The normalized spacial score (nSPS) is 46.5. The lowest BCUT2D eigenvalue weighted by atomic mass is 9.67. The van der Waals surface area contributed by atoms with Gasteiger partial charge in [-0.3, -0.25) is 0 Å². The number of methoxy groups -OCH3 is 4. The van der Waals surface area contributed by atoms with E-state index < -0.39 is 0 Å². The van der Waals surface area contributed by atoms with Crippen LogP contribution in [0, 0.1) is 23.7 Å². The molecular weight excluding hydrogens is 304 g/mol. The van der Waals surface area contributed by atoms with Crippen molar-refractivity contribution in [2.45, 2.75) is 75.8 Å². The lowest BCUT2D eigenvalue weighted by Crippen LogP contribution is -2.45. The molecule has 0 radical (unpaired) electrons. The summed E-state index contributed by atoms with van der Waals surface area (Å²) in [6.07, 6.45) is 11.1. The molecule has 4 nitrogen and oxygen atoms in total. The number of rotatable bonds is 4. The minimum atomic E-state index is 0.401. The van der Waals surface area contributed by atoms with Crippen molar-refractivity contribution >= 4 is 0 Å². The highest BCUT2D eigenvalue weighted by molar-refractivity contribution is 4.93. The van der Waals surface area contributed by atoms with E-state index in [4.69, 9.17) is 18.9 Å². The zero-order chi connectivity index (χ0) is 17.1. The van der Waals surface area contributed by atoms with Gasteiger partial charge in [-0.2, -0.15) is 0 Å². The molecule has 0 aliphatic heterocycles. The lowest BCUT2D eigenvalue weighted by Gasteiger charge is -2.45. The first-order valence-electron chi connectivity index (χ1n) is 9.81. The Kier molecular flexibility index (Phi) is 6.58. The van der Waals surface area contributed by atoms with E-state index in [2.05, 4.69) is 0 Å². The minimum absolute atomic E-state index is 0.401. The van der Waals surface area contributed by atoms with Gasteiger partial charge < -0.3 is 18.9 Å². The molecule has 0 aromatic heterocycles. The number of ether oxygens (including phenoxy) is 4. The van der Waals surface area contributed by atoms with E-state index in [9.17, 15) is 0 Å². The fourth-order valence-corrected chi connectivity index (χ4v) is 5.80. The molecule has 6 rings (SSSR count). The van der Waals surface area contributed by atoms with E-state index in [0.29, 0.717) is 48.1 Å². The molecule has 0 saturated heterocycles. The summed E-state index contributed by atoms with van der Waals surface area (Å²) in [6.45, 7) is 0. The van der Waals surface area contributed by atoms with Gasteiger partial charge >= 0.3 is 0 Å². The predicted octanol–water partition coefficient (Wildman–Crippen LogP) is 3.67. The van der Waals surface area contributed by atoms with Gasteiger partial charge in [0.2, 0.25) is 0 Å². The maximum absolute atomic E-state index is 5.89. The van der Waals surface area contributed by atoms with Crippen molar-refractivity contribution in [3.63, 3.8) is 0 Å². The molecule has 2 unspecified atom stereocenters. The first-order chi connectivity index (χ1) is 11.7. The quantitative estimate of drug-likeness (QED) is 0.782. The first-order valence-corrected chi connectivity index (χ1v) is 9.81. The summed E-state index contributed by atoms with van der Waals surface area (Å²) in [6, 6.07) is 0. The van der Waals surface area contributed by atoms with Crippen molar-refractivity contribution < 1.29 is 18.9 Å². The predicted molar refractivity (Wildman–Crippen MR) is 94.1 cm³/mol. The van der Waals surface area contributed by atoms with Crippen LogP contribution in [0.25, 0.3) is 0 Å². The van der Waals surface area contributed by atoms with E-state index in [1.54, 1.807) is 0 Å². The van der Waals surface area contributed by atoms with Crippen LogP contribution < -0.4 is 0 Å². The molecule has 0 amide bonds. The van der Waals surface area contributed by atoms with E-state index in [0.717, 1.165) is 25.7 Å². The van der Waals surface area contributed by atoms with Crippen LogP contribution in [0.4, 0.5) is 0 Å². The molecule has 140 valence electrons. The van der Waals surface area contributed by atoms with Crippen molar-refractivity contribution in [1.29, 1.82) is 0 Å². The fraction of sp³-hybridized carbons (Fsp3) is 1.00. The van der Waals surface area contributed by atoms with Crippen molar-refractivity contribution in [3.05, 3.63) is 0 Å². The number of hydrogen-bond donors (Lipinski definition) is 0. The molecule has 6 aliphatic rings. The maximum atomic E-state index is 5.89. The summed E-state index contributed by atoms with van der Waals surface area (Å²) < 4.78 is 23.5. The Morgan fingerprint density at radius 2 is 0.625 bits per heavy atom. The monoisotopic (exact) mass is 340 g/mol. The Bertz CT molecular complexity index is 316. The summed E-state index contributed by atoms with van der Waals surface area (Å²) in [5.74, 6) is 2.47. The second kappa shape index (κ2) is 8.48. The molecule has 6 saturated carbocycles. The largest absolute Gasteiger partial charge is 0.381 e. The van der Waals surface area contributed by atoms with Gasteiger partial charge in [0.15, 0.2) is 0 Å². The third kappa shape index (κ3) is 3.82. The molecule has 6 aliphatic carbocycles. The average molecular weight is 341 g/mol. The summed E-state index contributed by atoms with van der Waals surface area (Å²) in [7, 11) is 7.55. The molecule has 24 heavy (non-hydrogen) atoms. The molecule has 4 bridgehead atoms. The van der Waals surface area contributed by atoms with Gasteiger partial charge in [0, 0.05) is 28.4 Å². The molecule has 0 aromatic rings. The zero-order valence-electron chi connectivity index (χ0n) is 15.9. The van der Waals surface area contributed by atoms with Crippen LogP contribution in [-0.2, 0) is 18.9 Å². The second-order valence-electron chi connectivity index (χ2n) is 8.23. The van der Waals surface area contributed by atoms with Crippen molar-refractivity contribution in [2.75, 3.05) is 28.4 Å². The van der Waals surface area contributed by atoms with Gasteiger partial charge in [0.1, 0.15) is 0 Å². The third-order valence-corrected chi connectivity index (χ3v) is 7.27. The Hall–Kier alpha value is -0.160. The van der Waals surface area contributed by atoms with Crippen LogP contribution in [-0.4, -0.2) is 52.9 Å². The van der Waals surface area contributed by atoms with E-state index in [-0.39, 0.29) is 0 Å². The van der Waals surface area contributed by atoms with Crippen LogP contribution >= 0.6 is 0 Å². The number of hydrogen-bond acceptors (Lipinski definition) is 4. The van der Waals surface area contributed by atoms with E-state index in [1.165, 1.54) is 25.7 Å². The molecule has 4 heteroatoms. The van der Waals surface area contributed by atoms with Crippen LogP contribution in [0.1, 0.15) is 51.4 Å². The molecule has 0 heterocycles. The summed E-state index contributed by atoms with van der Waals surface area (Å²) in [5.41, 5.74) is 0. The van der Waals surface area contributed by atoms with Crippen molar-refractivity contribution in [3.8, 4) is 0 Å². The fourth-order valence-electron chi connectivity index (χ4n) is 5.80. The smallest absolute Gasteiger partial charge is 0.0604 e. The highest BCUT2D eigenvalue weighted by atomic mass is 16.5. The summed E-state index contributed by atoms with van der Waals surface area (Å²) in [4.78, 5) is 0. The SMILES string of the molecule is COC1C[C@H]2CC[C@@H]3CC(OC)[C@H](CC[C@@H]1C[C@@H]2OC)C[C@@H]3OC. The van der Waals surface area contributed by atoms with E-state index >= 15 is 0 Å². The van der Waals surface area contributed by atoms with Crippen LogP contribution in [0.15, 0.2) is 0 Å². The van der Waals surface area contributed by atoms with Gasteiger partial charge in [-0.1, -0.05) is 0 Å².